The highest BCUT2D eigenvalue weighted by Gasteiger charge is 2.29. The Morgan fingerprint density at radius 1 is 0.957 bits per heavy atom. The maximum atomic E-state index is 10.5. The van der Waals surface area contributed by atoms with E-state index in [1.54, 1.807) is 24.3 Å². The van der Waals surface area contributed by atoms with Gasteiger partial charge in [0.25, 0.3) is 0 Å². The Hall–Kier alpha value is -1.75. The second-order valence-electron chi connectivity index (χ2n) is 4.35. The molecule has 132 valence electrons. The summed E-state index contributed by atoms with van der Waals surface area (Å²) in [6.07, 6.45) is -7.09. The maximum absolute atomic E-state index is 10.5. The molecule has 1 rings (SSSR count). The zero-order valence-corrected chi connectivity index (χ0v) is 12.5. The quantitative estimate of drug-likeness (QED) is 0.262. The fourth-order valence-electron chi connectivity index (χ4n) is 1.30. The molecule has 23 heavy (non-hydrogen) atoms. The lowest BCUT2D eigenvalue weighted by Gasteiger charge is -2.24. The molecule has 0 amide bonds. The number of para-hydroxylation sites is 1. The van der Waals surface area contributed by atoms with E-state index in [4.69, 9.17) is 35.4 Å². The van der Waals surface area contributed by atoms with Crippen LogP contribution in [0.25, 0.3) is 0 Å². The summed E-state index contributed by atoms with van der Waals surface area (Å²) < 4.78 is 9.00. The van der Waals surface area contributed by atoms with E-state index in [1.165, 1.54) is 7.11 Å². The molecule has 0 saturated heterocycles. The van der Waals surface area contributed by atoms with E-state index in [0.717, 1.165) is 0 Å². The van der Waals surface area contributed by atoms with Crippen LogP contribution in [0.1, 0.15) is 0 Å². The Bertz CT molecular complexity index is 412. The van der Waals surface area contributed by atoms with E-state index >= 15 is 0 Å². The molecule has 4 unspecified atom stereocenters. The third-order valence-electron chi connectivity index (χ3n) is 2.62. The van der Waals surface area contributed by atoms with Gasteiger partial charge in [-0.15, -0.1) is 0 Å². The maximum Gasteiger partial charge on any atom is 0.513 e. The molecule has 0 radical (unpaired) electrons. The number of rotatable bonds is 6. The Morgan fingerprint density at radius 2 is 1.39 bits per heavy atom. The van der Waals surface area contributed by atoms with Gasteiger partial charge < -0.3 is 40.1 Å². The zero-order chi connectivity index (χ0) is 17.8. The molecule has 0 fully saturated rings. The van der Waals surface area contributed by atoms with Crippen LogP contribution in [-0.4, -0.2) is 81.5 Å². The fraction of sp³-hybridized carbons (Fsp3) is 0.500. The van der Waals surface area contributed by atoms with Crippen molar-refractivity contribution in [1.82, 2.24) is 0 Å². The second-order valence-corrected chi connectivity index (χ2v) is 4.35. The molecule has 1 aromatic carbocycles. The molecule has 0 aliphatic rings. The molecule has 0 aliphatic carbocycles. The molecular formula is C14H22O9. The summed E-state index contributed by atoms with van der Waals surface area (Å²) in [5.41, 5.74) is 0. The van der Waals surface area contributed by atoms with E-state index in [9.17, 15) is 4.79 Å². The third-order valence-corrected chi connectivity index (χ3v) is 2.62. The fourth-order valence-corrected chi connectivity index (χ4v) is 1.30. The SMILES string of the molecule is COC(=O)Oc1ccccc1.OCC(O)C(O)C(O)C(O)CO. The Labute approximate surface area is 133 Å². The smallest absolute Gasteiger partial charge is 0.437 e. The summed E-state index contributed by atoms with van der Waals surface area (Å²) in [4.78, 5) is 10.5. The van der Waals surface area contributed by atoms with Crippen LogP contribution < -0.4 is 4.74 Å². The van der Waals surface area contributed by atoms with Gasteiger partial charge in [0.15, 0.2) is 0 Å². The Morgan fingerprint density at radius 3 is 1.74 bits per heavy atom. The van der Waals surface area contributed by atoms with Crippen molar-refractivity contribution in [3.05, 3.63) is 30.3 Å². The van der Waals surface area contributed by atoms with Gasteiger partial charge in [-0.3, -0.25) is 0 Å². The molecule has 0 spiro atoms. The number of ether oxygens (including phenoxy) is 2. The summed E-state index contributed by atoms with van der Waals surface area (Å²) in [5.74, 6) is 0.486. The predicted molar refractivity (Wildman–Crippen MR) is 77.7 cm³/mol. The van der Waals surface area contributed by atoms with Crippen LogP contribution in [0.5, 0.6) is 5.75 Å². The van der Waals surface area contributed by atoms with Gasteiger partial charge in [-0.25, -0.2) is 4.79 Å². The molecule has 4 atom stereocenters. The molecule has 1 aromatic rings. The topological polar surface area (TPSA) is 157 Å². The molecule has 0 saturated carbocycles. The molecule has 0 bridgehead atoms. The van der Waals surface area contributed by atoms with Crippen LogP contribution in [0.3, 0.4) is 0 Å². The lowest BCUT2D eigenvalue weighted by Crippen LogP contribution is -2.46. The molecule has 0 aromatic heterocycles. The lowest BCUT2D eigenvalue weighted by atomic mass is 10.0. The van der Waals surface area contributed by atoms with Gasteiger partial charge in [0.1, 0.15) is 30.2 Å². The largest absolute Gasteiger partial charge is 0.513 e. The molecule has 6 N–H and O–H groups in total. The second kappa shape index (κ2) is 11.8. The van der Waals surface area contributed by atoms with Crippen LogP contribution in [-0.2, 0) is 4.74 Å². The highest BCUT2D eigenvalue weighted by Crippen LogP contribution is 2.08. The Kier molecular flexibility index (Phi) is 10.9. The molecule has 0 heterocycles. The van der Waals surface area contributed by atoms with Crippen LogP contribution in [0.2, 0.25) is 0 Å². The van der Waals surface area contributed by atoms with Gasteiger partial charge in [0, 0.05) is 0 Å². The first kappa shape index (κ1) is 21.2. The molecule has 0 aliphatic heterocycles. The van der Waals surface area contributed by atoms with E-state index in [-0.39, 0.29) is 0 Å². The normalized spacial score (nSPS) is 15.4. The van der Waals surface area contributed by atoms with E-state index in [0.29, 0.717) is 5.75 Å². The predicted octanol–water partition coefficient (Wildman–Crippen LogP) is -1.75. The first-order valence-corrected chi connectivity index (χ1v) is 6.62. The minimum atomic E-state index is -1.67. The monoisotopic (exact) mass is 334 g/mol. The average molecular weight is 334 g/mol. The van der Waals surface area contributed by atoms with Crippen molar-refractivity contribution in [2.24, 2.45) is 0 Å². The summed E-state index contributed by atoms with van der Waals surface area (Å²) in [5, 5.41) is 52.2. The van der Waals surface area contributed by atoms with Gasteiger partial charge in [-0.1, -0.05) is 18.2 Å². The third kappa shape index (κ3) is 8.45. The van der Waals surface area contributed by atoms with E-state index in [2.05, 4.69) is 4.74 Å². The van der Waals surface area contributed by atoms with Gasteiger partial charge in [-0.2, -0.15) is 0 Å². The van der Waals surface area contributed by atoms with Gasteiger partial charge >= 0.3 is 6.16 Å². The minimum Gasteiger partial charge on any atom is -0.437 e. The first-order valence-electron chi connectivity index (χ1n) is 6.62. The number of hydrogen-bond donors (Lipinski definition) is 6. The number of benzene rings is 1. The highest BCUT2D eigenvalue weighted by molar-refractivity contribution is 5.63. The van der Waals surface area contributed by atoms with Crippen LogP contribution >= 0.6 is 0 Å². The number of aliphatic hydroxyl groups excluding tert-OH is 6. The van der Waals surface area contributed by atoms with Crippen LogP contribution in [0.15, 0.2) is 30.3 Å². The number of hydrogen-bond acceptors (Lipinski definition) is 9. The summed E-state index contributed by atoms with van der Waals surface area (Å²) in [6, 6.07) is 8.74. The van der Waals surface area contributed by atoms with Crippen molar-refractivity contribution in [3.8, 4) is 5.75 Å². The summed E-state index contributed by atoms with van der Waals surface area (Å²) in [7, 11) is 1.27. The van der Waals surface area contributed by atoms with Crippen molar-refractivity contribution in [2.75, 3.05) is 20.3 Å². The van der Waals surface area contributed by atoms with Crippen molar-refractivity contribution >= 4 is 6.16 Å². The van der Waals surface area contributed by atoms with E-state index < -0.39 is 43.8 Å². The highest BCUT2D eigenvalue weighted by atomic mass is 16.7. The van der Waals surface area contributed by atoms with Gasteiger partial charge in [0.05, 0.1) is 20.3 Å². The van der Waals surface area contributed by atoms with E-state index in [1.807, 2.05) is 6.07 Å². The first-order chi connectivity index (χ1) is 10.9. The minimum absolute atomic E-state index is 0.486. The molecule has 9 heteroatoms. The number of aliphatic hydroxyl groups is 6. The van der Waals surface area contributed by atoms with Crippen molar-refractivity contribution in [2.45, 2.75) is 24.4 Å². The standard InChI is InChI=1S/C8H8O3.C6H14O6/c1-10-8(9)11-7-5-3-2-4-6-7;7-1-3(9)5(11)6(12)4(10)2-8/h2-6H,1H3;3-12H,1-2H2. The van der Waals surface area contributed by atoms with Crippen LogP contribution in [0, 0.1) is 0 Å². The zero-order valence-electron chi connectivity index (χ0n) is 12.5. The molecule has 9 nitrogen and oxygen atoms in total. The molecular weight excluding hydrogens is 312 g/mol. The van der Waals surface area contributed by atoms with Crippen molar-refractivity contribution in [1.29, 1.82) is 0 Å². The Balaban J connectivity index is 0.000000422. The number of carbonyl (C=O) groups excluding carboxylic acids is 1. The number of carbonyl (C=O) groups is 1. The van der Waals surface area contributed by atoms with Crippen LogP contribution in [0.4, 0.5) is 4.79 Å². The van der Waals surface area contributed by atoms with Gasteiger partial charge in [0.2, 0.25) is 0 Å². The summed E-state index contributed by atoms with van der Waals surface area (Å²) in [6.45, 7) is -1.45. The van der Waals surface area contributed by atoms with Crippen molar-refractivity contribution < 1.29 is 44.9 Å². The van der Waals surface area contributed by atoms with Gasteiger partial charge in [-0.05, 0) is 12.1 Å². The lowest BCUT2D eigenvalue weighted by molar-refractivity contribution is -0.123. The number of methoxy groups -OCH3 is 1. The summed E-state index contributed by atoms with van der Waals surface area (Å²) >= 11 is 0. The van der Waals surface area contributed by atoms with Crippen molar-refractivity contribution in [3.63, 3.8) is 0 Å². The average Bonchev–Trinajstić information content (AvgIpc) is 2.60.